The second-order valence-corrected chi connectivity index (χ2v) is 10.6. The van der Waals surface area contributed by atoms with E-state index in [4.69, 9.17) is 0 Å². The van der Waals surface area contributed by atoms with E-state index in [1.165, 1.54) is 6.07 Å². The third-order valence-corrected chi connectivity index (χ3v) is 7.85. The van der Waals surface area contributed by atoms with Crippen LogP contribution in [0.2, 0.25) is 0 Å². The number of halogens is 3. The summed E-state index contributed by atoms with van der Waals surface area (Å²) in [4.78, 5) is 18.7. The number of sulfone groups is 1. The number of piperazine rings is 1. The lowest BCUT2D eigenvalue weighted by molar-refractivity contribution is -0.137. The molecule has 3 aliphatic rings. The van der Waals surface area contributed by atoms with Crippen LogP contribution in [0.15, 0.2) is 24.3 Å². The minimum Gasteiger partial charge on any atom is -0.369 e. The smallest absolute Gasteiger partial charge is 0.369 e. The fraction of sp³-hybridized carbons (Fsp3) is 0.650. The third-order valence-electron chi connectivity index (χ3n) is 6.10. The molecule has 3 fully saturated rings. The standard InChI is InChI=1S/C20H26F3N3O3S/c21-20(22,23)15-2-1-3-17(12-15)25-9-7-24(8-10-25)13-19(27)26(16-4-5-16)18-6-11-30(28,29)14-18/h1-3,12,16,18H,4-11,13-14H2/t18-/m0/s1. The maximum atomic E-state index is 13.0. The van der Waals surface area contributed by atoms with Crippen molar-refractivity contribution in [1.29, 1.82) is 0 Å². The summed E-state index contributed by atoms with van der Waals surface area (Å²) < 4.78 is 62.5. The molecule has 1 aliphatic carbocycles. The topological polar surface area (TPSA) is 60.9 Å². The van der Waals surface area contributed by atoms with Crippen molar-refractivity contribution in [3.05, 3.63) is 29.8 Å². The molecule has 0 radical (unpaired) electrons. The van der Waals surface area contributed by atoms with E-state index < -0.39 is 21.6 Å². The summed E-state index contributed by atoms with van der Waals surface area (Å²) in [6.07, 6.45) is -2.02. The monoisotopic (exact) mass is 445 g/mol. The number of amides is 1. The van der Waals surface area contributed by atoms with E-state index in [0.29, 0.717) is 38.3 Å². The Morgan fingerprint density at radius 2 is 1.77 bits per heavy atom. The Morgan fingerprint density at radius 1 is 1.07 bits per heavy atom. The highest BCUT2D eigenvalue weighted by atomic mass is 32.2. The molecule has 4 rings (SSSR count). The number of hydrogen-bond acceptors (Lipinski definition) is 5. The Kier molecular flexibility index (Phi) is 5.73. The third kappa shape index (κ3) is 4.91. The van der Waals surface area contributed by atoms with E-state index in [9.17, 15) is 26.4 Å². The van der Waals surface area contributed by atoms with Crippen molar-refractivity contribution in [2.24, 2.45) is 0 Å². The van der Waals surface area contributed by atoms with E-state index in [-0.39, 0.29) is 36.0 Å². The second-order valence-electron chi connectivity index (χ2n) is 8.40. The van der Waals surface area contributed by atoms with Gasteiger partial charge in [-0.05, 0) is 37.5 Å². The van der Waals surface area contributed by atoms with Crippen molar-refractivity contribution < 1.29 is 26.4 Å². The van der Waals surface area contributed by atoms with Crippen molar-refractivity contribution in [2.75, 3.05) is 49.1 Å². The molecule has 0 unspecified atom stereocenters. The number of nitrogens with zero attached hydrogens (tertiary/aromatic N) is 3. The molecular formula is C20H26F3N3O3S. The molecule has 0 aromatic heterocycles. The van der Waals surface area contributed by atoms with Crippen LogP contribution in [0.1, 0.15) is 24.8 Å². The summed E-state index contributed by atoms with van der Waals surface area (Å²) in [6.45, 7) is 2.45. The summed E-state index contributed by atoms with van der Waals surface area (Å²) in [5.74, 6) is 0.162. The zero-order chi connectivity index (χ0) is 21.5. The predicted molar refractivity (Wildman–Crippen MR) is 107 cm³/mol. The molecule has 166 valence electrons. The Bertz CT molecular complexity index is 894. The number of rotatable bonds is 5. The maximum Gasteiger partial charge on any atom is 0.416 e. The van der Waals surface area contributed by atoms with Crippen LogP contribution in [-0.2, 0) is 20.8 Å². The summed E-state index contributed by atoms with van der Waals surface area (Å²) >= 11 is 0. The largest absolute Gasteiger partial charge is 0.416 e. The van der Waals surface area contributed by atoms with Crippen molar-refractivity contribution in [1.82, 2.24) is 9.80 Å². The van der Waals surface area contributed by atoms with Gasteiger partial charge in [-0.1, -0.05) is 6.07 Å². The zero-order valence-corrected chi connectivity index (χ0v) is 17.5. The first-order chi connectivity index (χ1) is 14.1. The molecule has 6 nitrogen and oxygen atoms in total. The van der Waals surface area contributed by atoms with Gasteiger partial charge < -0.3 is 9.80 Å². The quantitative estimate of drug-likeness (QED) is 0.694. The van der Waals surface area contributed by atoms with Gasteiger partial charge in [-0.15, -0.1) is 0 Å². The van der Waals surface area contributed by atoms with Gasteiger partial charge in [-0.2, -0.15) is 13.2 Å². The molecule has 1 saturated carbocycles. The molecule has 1 atom stereocenters. The van der Waals surface area contributed by atoms with Crippen LogP contribution in [0.4, 0.5) is 18.9 Å². The zero-order valence-electron chi connectivity index (χ0n) is 16.6. The van der Waals surface area contributed by atoms with Crippen LogP contribution in [0, 0.1) is 0 Å². The molecule has 1 aromatic carbocycles. The van der Waals surface area contributed by atoms with Gasteiger partial charge in [0.25, 0.3) is 0 Å². The number of carbonyl (C=O) groups is 1. The first-order valence-corrected chi connectivity index (χ1v) is 12.1. The van der Waals surface area contributed by atoms with Crippen LogP contribution in [-0.4, -0.2) is 80.4 Å². The number of alkyl halides is 3. The van der Waals surface area contributed by atoms with Crippen LogP contribution >= 0.6 is 0 Å². The van der Waals surface area contributed by atoms with Gasteiger partial charge >= 0.3 is 6.18 Å². The van der Waals surface area contributed by atoms with Gasteiger partial charge in [0.2, 0.25) is 5.91 Å². The Balaban J connectivity index is 1.34. The highest BCUT2D eigenvalue weighted by Gasteiger charge is 2.42. The molecule has 10 heteroatoms. The minimum absolute atomic E-state index is 0.0351. The number of anilines is 1. The molecular weight excluding hydrogens is 419 g/mol. The first kappa shape index (κ1) is 21.4. The second kappa shape index (κ2) is 8.03. The van der Waals surface area contributed by atoms with E-state index in [1.807, 2.05) is 9.80 Å². The van der Waals surface area contributed by atoms with E-state index in [1.54, 1.807) is 11.0 Å². The van der Waals surface area contributed by atoms with Crippen molar-refractivity contribution in [3.63, 3.8) is 0 Å². The highest BCUT2D eigenvalue weighted by molar-refractivity contribution is 7.91. The van der Waals surface area contributed by atoms with Gasteiger partial charge in [-0.3, -0.25) is 9.69 Å². The summed E-state index contributed by atoms with van der Waals surface area (Å²) in [7, 11) is -3.06. The summed E-state index contributed by atoms with van der Waals surface area (Å²) in [6, 6.07) is 5.25. The van der Waals surface area contributed by atoms with Crippen molar-refractivity contribution in [3.8, 4) is 0 Å². The number of carbonyl (C=O) groups excluding carboxylic acids is 1. The average Bonchev–Trinajstić information content (AvgIpc) is 3.44. The molecule has 2 heterocycles. The molecule has 30 heavy (non-hydrogen) atoms. The molecule has 2 saturated heterocycles. The van der Waals surface area contributed by atoms with Gasteiger partial charge in [0, 0.05) is 44.0 Å². The van der Waals surface area contributed by atoms with Gasteiger partial charge in [0.1, 0.15) is 0 Å². The fourth-order valence-electron chi connectivity index (χ4n) is 4.37. The minimum atomic E-state index is -4.37. The predicted octanol–water partition coefficient (Wildman–Crippen LogP) is 2.01. The molecule has 0 spiro atoms. The fourth-order valence-corrected chi connectivity index (χ4v) is 6.08. The normalized spacial score (nSPS) is 24.8. The van der Waals surface area contributed by atoms with Crippen molar-refractivity contribution in [2.45, 2.75) is 37.5 Å². The van der Waals surface area contributed by atoms with Crippen molar-refractivity contribution >= 4 is 21.4 Å². The van der Waals surface area contributed by atoms with Gasteiger partial charge in [0.15, 0.2) is 9.84 Å². The van der Waals surface area contributed by atoms with E-state index in [2.05, 4.69) is 0 Å². The molecule has 1 aromatic rings. The SMILES string of the molecule is O=C(CN1CCN(c2cccc(C(F)(F)F)c2)CC1)N(C1CC1)[C@H]1CCS(=O)(=O)C1. The summed E-state index contributed by atoms with van der Waals surface area (Å²) in [5, 5.41) is 0. The van der Waals surface area contributed by atoms with E-state index in [0.717, 1.165) is 25.0 Å². The van der Waals surface area contributed by atoms with Crippen LogP contribution in [0.5, 0.6) is 0 Å². The lowest BCUT2D eigenvalue weighted by Crippen LogP contribution is -2.52. The Morgan fingerprint density at radius 3 is 2.33 bits per heavy atom. The summed E-state index contributed by atoms with van der Waals surface area (Å²) in [5.41, 5.74) is -0.129. The van der Waals surface area contributed by atoms with E-state index >= 15 is 0 Å². The molecule has 2 aliphatic heterocycles. The van der Waals surface area contributed by atoms with Crippen LogP contribution in [0.3, 0.4) is 0 Å². The average molecular weight is 446 g/mol. The highest BCUT2D eigenvalue weighted by Crippen LogP contribution is 2.33. The van der Waals surface area contributed by atoms with Crippen LogP contribution < -0.4 is 4.90 Å². The molecule has 0 N–H and O–H groups in total. The lowest BCUT2D eigenvalue weighted by Gasteiger charge is -2.37. The number of hydrogen-bond donors (Lipinski definition) is 0. The molecule has 1 amide bonds. The van der Waals surface area contributed by atoms with Gasteiger partial charge in [0.05, 0.1) is 23.6 Å². The molecule has 0 bridgehead atoms. The van der Waals surface area contributed by atoms with Crippen LogP contribution in [0.25, 0.3) is 0 Å². The van der Waals surface area contributed by atoms with Gasteiger partial charge in [-0.25, -0.2) is 8.42 Å². The first-order valence-electron chi connectivity index (χ1n) is 10.3. The maximum absolute atomic E-state index is 13.0. The number of benzene rings is 1. The lowest BCUT2D eigenvalue weighted by atomic mass is 10.1. The Hall–Kier alpha value is -1.81. The Labute approximate surface area is 174 Å².